The zero-order chi connectivity index (χ0) is 9.84. The molecule has 1 aromatic heterocycles. The smallest absolute Gasteiger partial charge is 0.0951 e. The van der Waals surface area contributed by atoms with Crippen LogP contribution in [0.3, 0.4) is 0 Å². The van der Waals surface area contributed by atoms with Crippen LogP contribution in [0.5, 0.6) is 0 Å². The molecule has 1 aromatic rings. The number of rotatable bonds is 4. The van der Waals surface area contributed by atoms with E-state index in [0.29, 0.717) is 6.04 Å². The van der Waals surface area contributed by atoms with Gasteiger partial charge in [0, 0.05) is 24.0 Å². The predicted molar refractivity (Wildman–Crippen MR) is 57.9 cm³/mol. The van der Waals surface area contributed by atoms with Crippen molar-refractivity contribution in [3.63, 3.8) is 0 Å². The Morgan fingerprint density at radius 1 is 1.62 bits per heavy atom. The minimum atomic E-state index is 0.0619. The van der Waals surface area contributed by atoms with Gasteiger partial charge in [-0.1, -0.05) is 0 Å². The van der Waals surface area contributed by atoms with Crippen molar-refractivity contribution in [3.8, 4) is 0 Å². The average molecular weight is 199 g/mol. The van der Waals surface area contributed by atoms with Gasteiger partial charge in [0.1, 0.15) is 0 Å². The van der Waals surface area contributed by atoms with Gasteiger partial charge in [-0.2, -0.15) is 11.8 Å². The molecule has 0 aliphatic rings. The summed E-state index contributed by atoms with van der Waals surface area (Å²) in [5.41, 5.74) is 6.94. The maximum Gasteiger partial charge on any atom is 0.0951 e. The summed E-state index contributed by atoms with van der Waals surface area (Å²) in [4.78, 5) is 4.12. The molecule has 0 saturated carbocycles. The molecule has 1 unspecified atom stereocenters. The van der Waals surface area contributed by atoms with Crippen molar-refractivity contribution in [1.82, 2.24) is 9.55 Å². The average Bonchev–Trinajstić information content (AvgIpc) is 2.52. The summed E-state index contributed by atoms with van der Waals surface area (Å²) in [7, 11) is 0. The van der Waals surface area contributed by atoms with Gasteiger partial charge < -0.3 is 10.3 Å². The largest absolute Gasteiger partial charge is 0.330 e. The number of hydrogen-bond acceptors (Lipinski definition) is 3. The zero-order valence-corrected chi connectivity index (χ0v) is 9.21. The molecule has 0 aromatic carbocycles. The first-order valence-corrected chi connectivity index (χ1v) is 5.82. The highest BCUT2D eigenvalue weighted by Crippen LogP contribution is 2.17. The molecule has 2 atom stereocenters. The summed E-state index contributed by atoms with van der Waals surface area (Å²) in [5.74, 6) is 1.09. The first-order valence-electron chi connectivity index (χ1n) is 4.43. The van der Waals surface area contributed by atoms with Crippen molar-refractivity contribution in [1.29, 1.82) is 0 Å². The standard InChI is InChI=1S/C9H17N3S/c1-7(5-13-3)12-6-11-4-9(12)8(2)10/h4,6-8H,5,10H2,1-3H3/t7?,8-/m1/s1. The Balaban J connectivity index is 2.80. The van der Waals surface area contributed by atoms with Gasteiger partial charge in [0.25, 0.3) is 0 Å². The Hall–Kier alpha value is -0.480. The molecule has 0 saturated heterocycles. The second-order valence-corrected chi connectivity index (χ2v) is 4.23. The van der Waals surface area contributed by atoms with Crippen LogP contribution in [0.15, 0.2) is 12.5 Å². The van der Waals surface area contributed by atoms with Gasteiger partial charge in [0.2, 0.25) is 0 Å². The van der Waals surface area contributed by atoms with E-state index in [1.54, 1.807) is 0 Å². The molecule has 0 radical (unpaired) electrons. The Morgan fingerprint density at radius 3 is 2.85 bits per heavy atom. The quantitative estimate of drug-likeness (QED) is 0.804. The molecule has 0 spiro atoms. The lowest BCUT2D eigenvalue weighted by atomic mass is 10.2. The monoisotopic (exact) mass is 199 g/mol. The summed E-state index contributed by atoms with van der Waals surface area (Å²) in [6.07, 6.45) is 5.82. The van der Waals surface area contributed by atoms with E-state index >= 15 is 0 Å². The third-order valence-electron chi connectivity index (χ3n) is 2.05. The Morgan fingerprint density at radius 2 is 2.31 bits per heavy atom. The highest BCUT2D eigenvalue weighted by molar-refractivity contribution is 7.98. The summed E-state index contributed by atoms with van der Waals surface area (Å²) in [5, 5.41) is 0. The van der Waals surface area contributed by atoms with Crippen LogP contribution in [0, 0.1) is 0 Å². The van der Waals surface area contributed by atoms with Crippen LogP contribution in [-0.2, 0) is 0 Å². The lowest BCUT2D eigenvalue weighted by Gasteiger charge is -2.17. The normalized spacial score (nSPS) is 15.7. The zero-order valence-electron chi connectivity index (χ0n) is 8.40. The van der Waals surface area contributed by atoms with E-state index in [1.807, 2.05) is 31.2 Å². The molecule has 2 N–H and O–H groups in total. The third-order valence-corrected chi connectivity index (χ3v) is 2.86. The fourth-order valence-electron chi connectivity index (χ4n) is 1.36. The minimum Gasteiger partial charge on any atom is -0.330 e. The lowest BCUT2D eigenvalue weighted by Crippen LogP contribution is -2.15. The maximum atomic E-state index is 5.83. The van der Waals surface area contributed by atoms with Crippen molar-refractivity contribution in [2.75, 3.05) is 12.0 Å². The van der Waals surface area contributed by atoms with Crippen LogP contribution in [0.2, 0.25) is 0 Å². The van der Waals surface area contributed by atoms with Crippen LogP contribution in [0.25, 0.3) is 0 Å². The number of nitrogens with two attached hydrogens (primary N) is 1. The Labute approximate surface area is 83.7 Å². The molecule has 0 aliphatic carbocycles. The van der Waals surface area contributed by atoms with Gasteiger partial charge in [-0.15, -0.1) is 0 Å². The molecule has 13 heavy (non-hydrogen) atoms. The molecule has 0 fully saturated rings. The van der Waals surface area contributed by atoms with Gasteiger partial charge >= 0.3 is 0 Å². The molecule has 3 nitrogen and oxygen atoms in total. The van der Waals surface area contributed by atoms with Crippen molar-refractivity contribution in [2.45, 2.75) is 25.9 Å². The predicted octanol–water partition coefficient (Wildman–Crippen LogP) is 1.83. The van der Waals surface area contributed by atoms with Crippen LogP contribution in [0.4, 0.5) is 0 Å². The molecular formula is C9H17N3S. The van der Waals surface area contributed by atoms with Crippen LogP contribution in [0.1, 0.15) is 31.6 Å². The molecule has 4 heteroatoms. The van der Waals surface area contributed by atoms with E-state index in [-0.39, 0.29) is 6.04 Å². The van der Waals surface area contributed by atoms with Crippen LogP contribution >= 0.6 is 11.8 Å². The lowest BCUT2D eigenvalue weighted by molar-refractivity contribution is 0.560. The molecule has 0 amide bonds. The second kappa shape index (κ2) is 4.67. The first-order chi connectivity index (χ1) is 6.16. The van der Waals surface area contributed by atoms with E-state index in [9.17, 15) is 0 Å². The van der Waals surface area contributed by atoms with E-state index in [4.69, 9.17) is 5.73 Å². The number of nitrogens with zero attached hydrogens (tertiary/aromatic N) is 2. The number of thioether (sulfide) groups is 1. The number of aromatic nitrogens is 2. The van der Waals surface area contributed by atoms with Crippen molar-refractivity contribution in [2.24, 2.45) is 5.73 Å². The fraction of sp³-hybridized carbons (Fsp3) is 0.667. The number of hydrogen-bond donors (Lipinski definition) is 1. The van der Waals surface area contributed by atoms with Gasteiger partial charge in [-0.05, 0) is 20.1 Å². The fourth-order valence-corrected chi connectivity index (χ4v) is 2.00. The molecule has 0 aliphatic heterocycles. The molecular weight excluding hydrogens is 182 g/mol. The van der Waals surface area contributed by atoms with Crippen LogP contribution < -0.4 is 5.73 Å². The highest BCUT2D eigenvalue weighted by atomic mass is 32.2. The Kier molecular flexibility index (Phi) is 3.81. The summed E-state index contributed by atoms with van der Waals surface area (Å²) in [6, 6.07) is 0.533. The summed E-state index contributed by atoms with van der Waals surface area (Å²) in [6.45, 7) is 4.17. The molecule has 0 bridgehead atoms. The van der Waals surface area contributed by atoms with Gasteiger partial charge in [0.15, 0.2) is 0 Å². The van der Waals surface area contributed by atoms with Crippen molar-refractivity contribution >= 4 is 11.8 Å². The maximum absolute atomic E-state index is 5.83. The van der Waals surface area contributed by atoms with E-state index in [1.165, 1.54) is 0 Å². The number of imidazole rings is 1. The molecule has 1 heterocycles. The molecule has 1 rings (SSSR count). The van der Waals surface area contributed by atoms with Crippen LogP contribution in [-0.4, -0.2) is 21.6 Å². The SMILES string of the molecule is CSCC(C)n1cncc1[C@@H](C)N. The van der Waals surface area contributed by atoms with Crippen molar-refractivity contribution in [3.05, 3.63) is 18.2 Å². The van der Waals surface area contributed by atoms with E-state index in [2.05, 4.69) is 22.7 Å². The summed E-state index contributed by atoms with van der Waals surface area (Å²) < 4.78 is 2.15. The van der Waals surface area contributed by atoms with E-state index < -0.39 is 0 Å². The highest BCUT2D eigenvalue weighted by Gasteiger charge is 2.11. The van der Waals surface area contributed by atoms with Gasteiger partial charge in [-0.3, -0.25) is 0 Å². The van der Waals surface area contributed by atoms with Crippen molar-refractivity contribution < 1.29 is 0 Å². The Bertz CT molecular complexity index is 257. The topological polar surface area (TPSA) is 43.8 Å². The first kappa shape index (κ1) is 10.6. The summed E-state index contributed by atoms with van der Waals surface area (Å²) >= 11 is 1.84. The van der Waals surface area contributed by atoms with Gasteiger partial charge in [-0.25, -0.2) is 4.98 Å². The van der Waals surface area contributed by atoms with Gasteiger partial charge in [0.05, 0.1) is 12.0 Å². The third kappa shape index (κ3) is 2.48. The molecule has 74 valence electrons. The van der Waals surface area contributed by atoms with E-state index in [0.717, 1.165) is 11.4 Å². The minimum absolute atomic E-state index is 0.0619. The second-order valence-electron chi connectivity index (χ2n) is 3.32.